The molecule has 4 rings (SSSR count). The Morgan fingerprint density at radius 1 is 0.806 bits per heavy atom. The van der Waals surface area contributed by atoms with E-state index in [1.54, 1.807) is 0 Å². The molecule has 152 valence electrons. The van der Waals surface area contributed by atoms with Gasteiger partial charge in [0, 0.05) is 11.3 Å². The molecule has 0 saturated heterocycles. The standard InChI is InChI=1S/C30H27N/c1-23(25-12-6-3-7-13-25)22-30(29-16-10-5-11-17-29)31-24(2)26-18-20-28(21-19-26)27-14-8-4-9-15-27/h3-6,8-12,14-22H,1,7,13H2,2H3/b30-22-,31-24+. The minimum Gasteiger partial charge on any atom is -0.252 e. The van der Waals surface area contributed by atoms with Gasteiger partial charge in [0.1, 0.15) is 0 Å². The number of allylic oxidation sites excluding steroid dienone is 6. The molecule has 0 saturated carbocycles. The van der Waals surface area contributed by atoms with Crippen LogP contribution < -0.4 is 0 Å². The van der Waals surface area contributed by atoms with Gasteiger partial charge in [-0.25, -0.2) is 0 Å². The summed E-state index contributed by atoms with van der Waals surface area (Å²) in [6, 6.07) is 29.4. The smallest absolute Gasteiger partial charge is 0.0711 e. The molecule has 0 unspecified atom stereocenters. The highest BCUT2D eigenvalue weighted by molar-refractivity contribution is 6.02. The molecule has 0 heterocycles. The first kappa shape index (κ1) is 20.6. The van der Waals surface area contributed by atoms with E-state index in [1.807, 2.05) is 24.3 Å². The minimum atomic E-state index is 0.936. The lowest BCUT2D eigenvalue weighted by Crippen LogP contribution is -1.97. The van der Waals surface area contributed by atoms with Crippen molar-refractivity contribution in [2.45, 2.75) is 19.8 Å². The van der Waals surface area contributed by atoms with Gasteiger partial charge in [0.2, 0.25) is 0 Å². The van der Waals surface area contributed by atoms with E-state index < -0.39 is 0 Å². The van der Waals surface area contributed by atoms with Crippen molar-refractivity contribution >= 4 is 11.4 Å². The van der Waals surface area contributed by atoms with Gasteiger partial charge in [0.15, 0.2) is 0 Å². The average Bonchev–Trinajstić information content (AvgIpc) is 2.85. The van der Waals surface area contributed by atoms with Gasteiger partial charge in [0.25, 0.3) is 0 Å². The molecule has 0 aromatic heterocycles. The summed E-state index contributed by atoms with van der Waals surface area (Å²) >= 11 is 0. The Morgan fingerprint density at radius 2 is 1.45 bits per heavy atom. The fourth-order valence-electron chi connectivity index (χ4n) is 3.70. The molecule has 0 N–H and O–H groups in total. The van der Waals surface area contributed by atoms with Gasteiger partial charge in [-0.2, -0.15) is 0 Å². The van der Waals surface area contributed by atoms with E-state index >= 15 is 0 Å². The van der Waals surface area contributed by atoms with E-state index in [0.717, 1.165) is 41.0 Å². The largest absolute Gasteiger partial charge is 0.252 e. The second-order valence-electron chi connectivity index (χ2n) is 7.72. The molecule has 0 fully saturated rings. The molecule has 0 bridgehead atoms. The summed E-state index contributed by atoms with van der Waals surface area (Å²) < 4.78 is 0. The lowest BCUT2D eigenvalue weighted by Gasteiger charge is -2.11. The van der Waals surface area contributed by atoms with Crippen molar-refractivity contribution in [2.24, 2.45) is 4.99 Å². The summed E-state index contributed by atoms with van der Waals surface area (Å²) in [5.74, 6) is 0. The first-order valence-electron chi connectivity index (χ1n) is 10.7. The van der Waals surface area contributed by atoms with Crippen molar-refractivity contribution in [3.63, 3.8) is 0 Å². The molecule has 3 aromatic rings. The van der Waals surface area contributed by atoms with Crippen LogP contribution in [0.2, 0.25) is 0 Å². The zero-order valence-corrected chi connectivity index (χ0v) is 18.0. The summed E-state index contributed by atoms with van der Waals surface area (Å²) in [6.45, 7) is 6.39. The monoisotopic (exact) mass is 401 g/mol. The van der Waals surface area contributed by atoms with E-state index in [4.69, 9.17) is 4.99 Å². The number of hydrogen-bond donors (Lipinski definition) is 0. The van der Waals surface area contributed by atoms with Crippen LogP contribution in [0.25, 0.3) is 16.8 Å². The maximum absolute atomic E-state index is 5.03. The topological polar surface area (TPSA) is 12.4 Å². The molecule has 1 aliphatic carbocycles. The highest BCUT2D eigenvalue weighted by Gasteiger charge is 2.07. The lowest BCUT2D eigenvalue weighted by atomic mass is 9.96. The molecule has 0 aliphatic heterocycles. The number of hydrogen-bond acceptors (Lipinski definition) is 1. The second kappa shape index (κ2) is 9.86. The quantitative estimate of drug-likeness (QED) is 0.293. The van der Waals surface area contributed by atoms with Crippen LogP contribution in [-0.2, 0) is 0 Å². The van der Waals surface area contributed by atoms with Gasteiger partial charge >= 0.3 is 0 Å². The number of benzene rings is 3. The van der Waals surface area contributed by atoms with Crippen LogP contribution in [0, 0.1) is 0 Å². The Kier molecular flexibility index (Phi) is 6.54. The zero-order valence-electron chi connectivity index (χ0n) is 18.0. The van der Waals surface area contributed by atoms with Gasteiger partial charge in [0.05, 0.1) is 5.70 Å². The first-order valence-corrected chi connectivity index (χ1v) is 10.7. The lowest BCUT2D eigenvalue weighted by molar-refractivity contribution is 0.979. The van der Waals surface area contributed by atoms with Crippen LogP contribution in [0.15, 0.2) is 132 Å². The fraction of sp³-hybridized carbons (Fsp3) is 0.100. The predicted molar refractivity (Wildman–Crippen MR) is 134 cm³/mol. The Morgan fingerprint density at radius 3 is 2.10 bits per heavy atom. The average molecular weight is 402 g/mol. The molecular formula is C30H27N. The zero-order chi connectivity index (χ0) is 21.5. The normalized spacial score (nSPS) is 14.3. The molecule has 1 aliphatic rings. The van der Waals surface area contributed by atoms with Crippen molar-refractivity contribution in [1.82, 2.24) is 0 Å². The number of nitrogens with zero attached hydrogens (tertiary/aromatic N) is 1. The molecule has 0 atom stereocenters. The van der Waals surface area contributed by atoms with Crippen LogP contribution >= 0.6 is 0 Å². The fourth-order valence-corrected chi connectivity index (χ4v) is 3.70. The number of aliphatic imine (C=N–C) groups is 1. The van der Waals surface area contributed by atoms with Gasteiger partial charge in [-0.15, -0.1) is 0 Å². The summed E-state index contributed by atoms with van der Waals surface area (Å²) in [4.78, 5) is 5.03. The van der Waals surface area contributed by atoms with E-state index in [1.165, 1.54) is 16.7 Å². The second-order valence-corrected chi connectivity index (χ2v) is 7.72. The Balaban J connectivity index is 1.65. The maximum Gasteiger partial charge on any atom is 0.0711 e. The van der Waals surface area contributed by atoms with Crippen molar-refractivity contribution in [3.8, 4) is 11.1 Å². The molecule has 0 spiro atoms. The van der Waals surface area contributed by atoms with E-state index in [9.17, 15) is 0 Å². The molecule has 0 radical (unpaired) electrons. The Bertz CT molecular complexity index is 1160. The van der Waals surface area contributed by atoms with Crippen LogP contribution in [0.5, 0.6) is 0 Å². The summed E-state index contributed by atoms with van der Waals surface area (Å²) in [5.41, 5.74) is 8.87. The Hall–Kier alpha value is -3.71. The maximum atomic E-state index is 5.03. The van der Waals surface area contributed by atoms with Gasteiger partial charge in [-0.1, -0.05) is 110 Å². The molecular weight excluding hydrogens is 374 g/mol. The van der Waals surface area contributed by atoms with Gasteiger partial charge in [-0.3, -0.25) is 4.99 Å². The summed E-state index contributed by atoms with van der Waals surface area (Å²) in [5, 5.41) is 0. The third-order valence-corrected chi connectivity index (χ3v) is 5.50. The molecule has 31 heavy (non-hydrogen) atoms. The van der Waals surface area contributed by atoms with Crippen molar-refractivity contribution in [1.29, 1.82) is 0 Å². The van der Waals surface area contributed by atoms with Crippen LogP contribution in [0.4, 0.5) is 0 Å². The van der Waals surface area contributed by atoms with Crippen molar-refractivity contribution in [3.05, 3.63) is 138 Å². The highest BCUT2D eigenvalue weighted by Crippen LogP contribution is 2.26. The van der Waals surface area contributed by atoms with Crippen LogP contribution in [-0.4, -0.2) is 5.71 Å². The van der Waals surface area contributed by atoms with Crippen LogP contribution in [0.1, 0.15) is 30.9 Å². The molecule has 3 aromatic carbocycles. The van der Waals surface area contributed by atoms with Crippen molar-refractivity contribution < 1.29 is 0 Å². The van der Waals surface area contributed by atoms with E-state index in [0.29, 0.717) is 0 Å². The highest BCUT2D eigenvalue weighted by atomic mass is 14.8. The SMILES string of the molecule is C=C(/C=C(\N=C(/C)c1ccc(-c2ccccc2)cc1)c1ccccc1)C1=CC=CCC1. The molecule has 1 nitrogen and oxygen atoms in total. The third kappa shape index (κ3) is 5.26. The first-order chi connectivity index (χ1) is 15.2. The molecule has 0 amide bonds. The van der Waals surface area contributed by atoms with Crippen molar-refractivity contribution in [2.75, 3.05) is 0 Å². The van der Waals surface area contributed by atoms with Crippen LogP contribution in [0.3, 0.4) is 0 Å². The van der Waals surface area contributed by atoms with Gasteiger partial charge < -0.3 is 0 Å². The minimum absolute atomic E-state index is 0.936. The van der Waals surface area contributed by atoms with E-state index in [-0.39, 0.29) is 0 Å². The Labute approximate surface area is 185 Å². The molecule has 1 heteroatoms. The van der Waals surface area contributed by atoms with E-state index in [2.05, 4.69) is 98.5 Å². The predicted octanol–water partition coefficient (Wildman–Crippen LogP) is 8.04. The third-order valence-electron chi connectivity index (χ3n) is 5.50. The summed E-state index contributed by atoms with van der Waals surface area (Å²) in [6.07, 6.45) is 10.7. The summed E-state index contributed by atoms with van der Waals surface area (Å²) in [7, 11) is 0. The number of rotatable bonds is 6. The van der Waals surface area contributed by atoms with Gasteiger partial charge in [-0.05, 0) is 53.7 Å².